The van der Waals surface area contributed by atoms with Crippen LogP contribution in [0.1, 0.15) is 79.0 Å². The lowest BCUT2D eigenvalue weighted by Gasteiger charge is -2.24. The normalized spacial score (nSPS) is 12.8. The zero-order valence-electron chi connectivity index (χ0n) is 27.8. The quantitative estimate of drug-likeness (QED) is 0.202. The van der Waals surface area contributed by atoms with Crippen LogP contribution in [0.5, 0.6) is 0 Å². The summed E-state index contributed by atoms with van der Waals surface area (Å²) in [6.07, 6.45) is 0. The summed E-state index contributed by atoms with van der Waals surface area (Å²) in [5.74, 6) is 0. The minimum atomic E-state index is -0.0276. The maximum atomic E-state index is 7.09. The Labute approximate surface area is 263 Å². The maximum absolute atomic E-state index is 7.09. The van der Waals surface area contributed by atoms with E-state index in [4.69, 9.17) is 5.73 Å². The van der Waals surface area contributed by atoms with Gasteiger partial charge >= 0.3 is 0 Å². The Morgan fingerprint density at radius 2 is 0.955 bits per heavy atom. The number of hydrogen-bond acceptors (Lipinski definition) is 1. The fraction of sp³-hybridized carbons (Fsp3) is 0.286. The van der Waals surface area contributed by atoms with E-state index in [1.54, 1.807) is 0 Å². The summed E-state index contributed by atoms with van der Waals surface area (Å²) < 4.78 is 0. The smallest absolute Gasteiger partial charge is 0.0544 e. The lowest BCUT2D eigenvalue weighted by Crippen LogP contribution is -2.13. The number of hydrogen-bond donors (Lipinski definition) is 2. The predicted molar refractivity (Wildman–Crippen MR) is 193 cm³/mol. The molecule has 2 nitrogen and oxygen atoms in total. The largest absolute Gasteiger partial charge is 0.398 e. The van der Waals surface area contributed by atoms with Crippen molar-refractivity contribution in [2.45, 2.75) is 78.6 Å². The van der Waals surface area contributed by atoms with Crippen molar-refractivity contribution in [2.75, 3.05) is 5.73 Å². The van der Waals surface area contributed by atoms with E-state index in [0.29, 0.717) is 0 Å². The van der Waals surface area contributed by atoms with Crippen LogP contribution >= 0.6 is 0 Å². The van der Waals surface area contributed by atoms with Crippen molar-refractivity contribution < 1.29 is 0 Å². The van der Waals surface area contributed by atoms with Crippen molar-refractivity contribution >= 4 is 27.5 Å². The summed E-state index contributed by atoms with van der Waals surface area (Å²) in [6, 6.07) is 35.8. The summed E-state index contributed by atoms with van der Waals surface area (Å²) >= 11 is 0. The van der Waals surface area contributed by atoms with Gasteiger partial charge in [0.1, 0.15) is 0 Å². The summed E-state index contributed by atoms with van der Waals surface area (Å²) in [4.78, 5) is 3.76. The molecule has 3 N–H and O–H groups in total. The Hall–Kier alpha value is -4.30. The van der Waals surface area contributed by atoms with Gasteiger partial charge in [-0.15, -0.1) is 0 Å². The molecule has 6 aromatic rings. The molecule has 0 fully saturated rings. The summed E-state index contributed by atoms with van der Waals surface area (Å²) in [5.41, 5.74) is 21.2. The number of nitrogens with one attached hydrogen (secondary N) is 1. The predicted octanol–water partition coefficient (Wildman–Crippen LogP) is 11.8. The minimum absolute atomic E-state index is 0.0276. The first-order valence-corrected chi connectivity index (χ1v) is 15.8. The number of para-hydroxylation sites is 1. The minimum Gasteiger partial charge on any atom is -0.398 e. The Bertz CT molecular complexity index is 2020. The summed E-state index contributed by atoms with van der Waals surface area (Å²) in [5, 5.41) is 2.44. The zero-order chi connectivity index (χ0) is 31.6. The molecule has 0 spiro atoms. The van der Waals surface area contributed by atoms with E-state index in [0.717, 1.165) is 33.5 Å². The van der Waals surface area contributed by atoms with Crippen LogP contribution in [0, 0.1) is 0 Å². The first kappa shape index (κ1) is 29.8. The molecule has 44 heavy (non-hydrogen) atoms. The molecule has 0 aliphatic carbocycles. The van der Waals surface area contributed by atoms with Gasteiger partial charge in [0.15, 0.2) is 0 Å². The van der Waals surface area contributed by atoms with Crippen molar-refractivity contribution in [1.29, 1.82) is 0 Å². The highest BCUT2D eigenvalue weighted by Crippen LogP contribution is 2.42. The van der Waals surface area contributed by atoms with Gasteiger partial charge in [0.2, 0.25) is 0 Å². The van der Waals surface area contributed by atoms with E-state index >= 15 is 0 Å². The Morgan fingerprint density at radius 1 is 0.455 bits per heavy atom. The molecular formula is C42H46N2. The van der Waals surface area contributed by atoms with Gasteiger partial charge in [-0.1, -0.05) is 135 Å². The number of nitrogens with two attached hydrogens (primary N) is 1. The third-order valence-corrected chi connectivity index (χ3v) is 9.07. The van der Waals surface area contributed by atoms with Gasteiger partial charge in [-0.25, -0.2) is 0 Å². The first-order chi connectivity index (χ1) is 20.6. The highest BCUT2D eigenvalue weighted by atomic mass is 14.7. The molecule has 224 valence electrons. The van der Waals surface area contributed by atoms with Gasteiger partial charge in [0.25, 0.3) is 0 Å². The van der Waals surface area contributed by atoms with Crippen LogP contribution in [0.15, 0.2) is 97.1 Å². The maximum Gasteiger partial charge on any atom is 0.0544 e. The number of anilines is 1. The van der Waals surface area contributed by atoms with Gasteiger partial charge in [0.05, 0.1) is 5.52 Å². The van der Waals surface area contributed by atoms with Crippen LogP contribution in [0.3, 0.4) is 0 Å². The van der Waals surface area contributed by atoms with E-state index in [1.807, 2.05) is 0 Å². The van der Waals surface area contributed by atoms with Crippen LogP contribution in [0.2, 0.25) is 0 Å². The standard InChI is InChI=1S/C42H46N2/c1-40(2,3)29-15-10-13-26(21-29)32-17-12-18-33-36-23-28(19-20-37(36)44-39(32)33)35-25-31(42(7,8)9)24-34(38(35)43)27-14-11-16-30(22-27)41(4,5)6/h10-25,44H,43H2,1-9H3. The average molecular weight is 579 g/mol. The fourth-order valence-corrected chi connectivity index (χ4v) is 6.20. The Balaban J connectivity index is 1.54. The van der Waals surface area contributed by atoms with Crippen molar-refractivity contribution in [2.24, 2.45) is 0 Å². The fourth-order valence-electron chi connectivity index (χ4n) is 6.20. The van der Waals surface area contributed by atoms with Gasteiger partial charge in [-0.2, -0.15) is 0 Å². The van der Waals surface area contributed by atoms with Gasteiger partial charge < -0.3 is 10.7 Å². The Kier molecular flexibility index (Phi) is 7.04. The molecule has 0 saturated carbocycles. The number of fused-ring (bicyclic) bond motifs is 3. The molecule has 1 aromatic heterocycles. The number of nitrogen functional groups attached to an aromatic ring is 1. The molecule has 5 aromatic carbocycles. The van der Waals surface area contributed by atoms with Crippen molar-refractivity contribution in [3.05, 3.63) is 114 Å². The SMILES string of the molecule is CC(C)(C)c1cccc(-c2cc(C(C)(C)C)cc(-c3ccc4[nH]c5c(-c6cccc(C(C)(C)C)c6)cccc5c4c3)c2N)c1. The molecule has 1 heterocycles. The third kappa shape index (κ3) is 5.43. The van der Waals surface area contributed by atoms with Crippen LogP contribution < -0.4 is 5.73 Å². The van der Waals surface area contributed by atoms with E-state index in [2.05, 4.69) is 164 Å². The zero-order valence-corrected chi connectivity index (χ0v) is 27.8. The van der Waals surface area contributed by atoms with E-state index in [9.17, 15) is 0 Å². The lowest BCUT2D eigenvalue weighted by molar-refractivity contribution is 0.589. The third-order valence-electron chi connectivity index (χ3n) is 9.07. The second-order valence-electron chi connectivity index (χ2n) is 15.5. The van der Waals surface area contributed by atoms with Crippen LogP contribution in [0.25, 0.3) is 55.2 Å². The number of rotatable bonds is 3. The van der Waals surface area contributed by atoms with Crippen molar-refractivity contribution in [3.63, 3.8) is 0 Å². The molecule has 0 amide bonds. The number of H-pyrrole nitrogens is 1. The van der Waals surface area contributed by atoms with Gasteiger partial charge in [-0.05, 0) is 73.9 Å². The molecular weight excluding hydrogens is 532 g/mol. The van der Waals surface area contributed by atoms with E-state index in [-0.39, 0.29) is 16.2 Å². The van der Waals surface area contributed by atoms with Crippen LogP contribution in [-0.2, 0) is 16.2 Å². The molecule has 0 atom stereocenters. The van der Waals surface area contributed by atoms with E-state index < -0.39 is 0 Å². The second kappa shape index (κ2) is 10.4. The summed E-state index contributed by atoms with van der Waals surface area (Å²) in [6.45, 7) is 20.4. The topological polar surface area (TPSA) is 41.8 Å². The Morgan fingerprint density at radius 3 is 1.50 bits per heavy atom. The van der Waals surface area contributed by atoms with Crippen LogP contribution in [0.4, 0.5) is 5.69 Å². The molecule has 0 unspecified atom stereocenters. The van der Waals surface area contributed by atoms with E-state index in [1.165, 1.54) is 44.1 Å². The molecule has 0 saturated heterocycles. The monoisotopic (exact) mass is 578 g/mol. The lowest BCUT2D eigenvalue weighted by atomic mass is 9.81. The first-order valence-electron chi connectivity index (χ1n) is 15.8. The average Bonchev–Trinajstić information content (AvgIpc) is 3.34. The van der Waals surface area contributed by atoms with Crippen molar-refractivity contribution in [3.8, 4) is 33.4 Å². The van der Waals surface area contributed by atoms with Crippen molar-refractivity contribution in [1.82, 2.24) is 4.98 Å². The molecule has 0 aliphatic rings. The highest BCUT2D eigenvalue weighted by Gasteiger charge is 2.22. The molecule has 6 rings (SSSR count). The highest BCUT2D eigenvalue weighted by molar-refractivity contribution is 6.13. The number of aromatic amines is 1. The van der Waals surface area contributed by atoms with Gasteiger partial charge in [-0.3, -0.25) is 0 Å². The number of benzene rings is 5. The van der Waals surface area contributed by atoms with Gasteiger partial charge in [0, 0.05) is 38.7 Å². The second-order valence-corrected chi connectivity index (χ2v) is 15.5. The molecule has 0 radical (unpaired) electrons. The molecule has 0 aliphatic heterocycles. The molecule has 2 heteroatoms. The number of aromatic nitrogens is 1. The summed E-state index contributed by atoms with van der Waals surface area (Å²) in [7, 11) is 0. The van der Waals surface area contributed by atoms with Crippen LogP contribution in [-0.4, -0.2) is 4.98 Å². The molecule has 0 bridgehead atoms.